The second-order valence-corrected chi connectivity index (χ2v) is 2.06. The Hall–Kier alpha value is -0.480. The van der Waals surface area contributed by atoms with Crippen LogP contribution in [0.1, 0.15) is 0 Å². The van der Waals surface area contributed by atoms with E-state index in [4.69, 9.17) is 23.2 Å². The van der Waals surface area contributed by atoms with Crippen molar-refractivity contribution in [1.29, 1.82) is 0 Å². The van der Waals surface area contributed by atoms with Crippen molar-refractivity contribution in [2.45, 2.75) is 0 Å². The van der Waals surface area contributed by atoms with E-state index in [2.05, 4.69) is 10.1 Å². The van der Waals surface area contributed by atoms with Crippen LogP contribution in [-0.2, 0) is 14.3 Å². The molecule has 6 heteroatoms. The highest BCUT2D eigenvalue weighted by molar-refractivity contribution is 6.27. The zero-order valence-electron chi connectivity index (χ0n) is 5.60. The molecule has 0 fully saturated rings. The molecule has 11 heavy (non-hydrogen) atoms. The van der Waals surface area contributed by atoms with Gasteiger partial charge in [0, 0.05) is 0 Å². The zero-order chi connectivity index (χ0) is 8.69. The zero-order valence-corrected chi connectivity index (χ0v) is 7.11. The van der Waals surface area contributed by atoms with Gasteiger partial charge in [0.05, 0.1) is 0 Å². The molecule has 0 aromatic carbocycles. The van der Waals surface area contributed by atoms with Crippen LogP contribution in [-0.4, -0.2) is 30.4 Å². The fourth-order valence-electron chi connectivity index (χ4n) is 0.283. The first-order chi connectivity index (χ1) is 5.20. The van der Waals surface area contributed by atoms with Crippen molar-refractivity contribution in [3.05, 3.63) is 0 Å². The molecule has 0 aliphatic heterocycles. The molecule has 0 radical (unpaired) electrons. The van der Waals surface area contributed by atoms with Crippen molar-refractivity contribution < 1.29 is 14.3 Å². The Labute approximate surface area is 73.8 Å². The highest BCUT2D eigenvalue weighted by Crippen LogP contribution is 1.81. The summed E-state index contributed by atoms with van der Waals surface area (Å²) in [5, 5.41) is 2.22. The van der Waals surface area contributed by atoms with Gasteiger partial charge in [0.1, 0.15) is 11.8 Å². The Morgan fingerprint density at radius 2 is 1.91 bits per heavy atom. The average molecular weight is 200 g/mol. The molecule has 0 atom stereocenters. The van der Waals surface area contributed by atoms with Gasteiger partial charge in [-0.05, 0) is 0 Å². The number of alkyl halides is 2. The normalized spacial score (nSPS) is 8.91. The highest BCUT2D eigenvalue weighted by atomic mass is 35.5. The summed E-state index contributed by atoms with van der Waals surface area (Å²) in [6.07, 6.45) is 0. The van der Waals surface area contributed by atoms with Crippen molar-refractivity contribution in [3.63, 3.8) is 0 Å². The van der Waals surface area contributed by atoms with Gasteiger partial charge >= 0.3 is 5.97 Å². The lowest BCUT2D eigenvalue weighted by molar-refractivity contribution is -0.142. The summed E-state index contributed by atoms with van der Waals surface area (Å²) in [5.74, 6) is -1.36. The molecule has 0 heterocycles. The van der Waals surface area contributed by atoms with Crippen LogP contribution in [0.3, 0.4) is 0 Å². The maximum Gasteiger partial charge on any atom is 0.322 e. The maximum absolute atomic E-state index is 10.4. The number of hydrogen-bond acceptors (Lipinski definition) is 3. The molecule has 64 valence electrons. The first-order valence-electron chi connectivity index (χ1n) is 2.75. The number of ether oxygens (including phenoxy) is 1. The molecule has 0 bridgehead atoms. The highest BCUT2D eigenvalue weighted by Gasteiger charge is 2.00. The molecule has 1 amide bonds. The number of esters is 1. The molecule has 4 nitrogen and oxygen atoms in total. The molecule has 0 aliphatic carbocycles. The van der Waals surface area contributed by atoms with Crippen LogP contribution >= 0.6 is 23.2 Å². The summed E-state index contributed by atoms with van der Waals surface area (Å²) < 4.78 is 4.40. The van der Waals surface area contributed by atoms with E-state index < -0.39 is 11.9 Å². The molecule has 0 unspecified atom stereocenters. The fraction of sp³-hybridized carbons (Fsp3) is 0.600. The van der Waals surface area contributed by atoms with Crippen LogP contribution < -0.4 is 5.32 Å². The van der Waals surface area contributed by atoms with E-state index >= 15 is 0 Å². The van der Waals surface area contributed by atoms with E-state index in [1.54, 1.807) is 0 Å². The van der Waals surface area contributed by atoms with Gasteiger partial charge in [-0.2, -0.15) is 0 Å². The standard InChI is InChI=1S/C5H7Cl2NO3/c6-1-4(9)8-3-11-5(10)2-7/h1-3H2,(H,8,9). The maximum atomic E-state index is 10.4. The Kier molecular flexibility index (Phi) is 5.97. The van der Waals surface area contributed by atoms with Gasteiger partial charge in [0.2, 0.25) is 5.91 Å². The third-order valence-electron chi connectivity index (χ3n) is 0.733. The summed E-state index contributed by atoms with van der Waals surface area (Å²) in [5.41, 5.74) is 0. The molecule has 0 aromatic rings. The van der Waals surface area contributed by atoms with Crippen LogP contribution in [0, 0.1) is 0 Å². The Balaban J connectivity index is 3.27. The molecular weight excluding hydrogens is 193 g/mol. The van der Waals surface area contributed by atoms with E-state index in [-0.39, 0.29) is 18.5 Å². The quantitative estimate of drug-likeness (QED) is 0.397. The van der Waals surface area contributed by atoms with Gasteiger partial charge in [-0.25, -0.2) is 0 Å². The number of carbonyl (C=O) groups excluding carboxylic acids is 2. The third kappa shape index (κ3) is 5.94. The van der Waals surface area contributed by atoms with Gasteiger partial charge in [0.25, 0.3) is 0 Å². The Morgan fingerprint density at radius 3 is 2.36 bits per heavy atom. The van der Waals surface area contributed by atoms with Crippen molar-refractivity contribution in [1.82, 2.24) is 5.32 Å². The molecule has 1 N–H and O–H groups in total. The van der Waals surface area contributed by atoms with Gasteiger partial charge in [-0.1, -0.05) is 0 Å². The molecule has 0 aromatic heterocycles. The van der Waals surface area contributed by atoms with E-state index in [9.17, 15) is 9.59 Å². The predicted molar refractivity (Wildman–Crippen MR) is 40.5 cm³/mol. The van der Waals surface area contributed by atoms with Crippen molar-refractivity contribution >= 4 is 35.1 Å². The lowest BCUT2D eigenvalue weighted by Gasteiger charge is -2.02. The summed E-state index contributed by atoms with van der Waals surface area (Å²) in [4.78, 5) is 20.8. The third-order valence-corrected chi connectivity index (χ3v) is 1.19. The van der Waals surface area contributed by atoms with Gasteiger partial charge in [-0.3, -0.25) is 9.59 Å². The number of amides is 1. The Morgan fingerprint density at radius 1 is 1.27 bits per heavy atom. The van der Waals surface area contributed by atoms with Gasteiger partial charge < -0.3 is 10.1 Å². The minimum atomic E-state index is -0.582. The largest absolute Gasteiger partial charge is 0.443 e. The van der Waals surface area contributed by atoms with Crippen LogP contribution in [0.15, 0.2) is 0 Å². The Bertz CT molecular complexity index is 135. The first kappa shape index (κ1) is 10.5. The second-order valence-electron chi connectivity index (χ2n) is 1.53. The van der Waals surface area contributed by atoms with Crippen molar-refractivity contribution in [3.8, 4) is 0 Å². The van der Waals surface area contributed by atoms with Gasteiger partial charge in [0.15, 0.2) is 6.73 Å². The summed E-state index contributed by atoms with van der Waals surface area (Å²) in [7, 11) is 0. The van der Waals surface area contributed by atoms with Crippen molar-refractivity contribution in [2.24, 2.45) is 0 Å². The summed E-state index contributed by atoms with van der Waals surface area (Å²) in [6.45, 7) is -0.183. The summed E-state index contributed by atoms with van der Waals surface area (Å²) in [6, 6.07) is 0. The molecule has 0 spiro atoms. The topological polar surface area (TPSA) is 55.4 Å². The number of rotatable bonds is 4. The number of nitrogens with one attached hydrogen (secondary N) is 1. The average Bonchev–Trinajstić information content (AvgIpc) is 2.04. The lowest BCUT2D eigenvalue weighted by atomic mass is 10.7. The monoisotopic (exact) mass is 199 g/mol. The van der Waals surface area contributed by atoms with Crippen LogP contribution in [0.2, 0.25) is 0 Å². The molecule has 0 rings (SSSR count). The van der Waals surface area contributed by atoms with E-state index in [0.717, 1.165) is 0 Å². The van der Waals surface area contributed by atoms with Crippen LogP contribution in [0.5, 0.6) is 0 Å². The molecular formula is C5H7Cl2NO3. The lowest BCUT2D eigenvalue weighted by Crippen LogP contribution is -2.28. The number of hydrogen-bond donors (Lipinski definition) is 1. The van der Waals surface area contributed by atoms with E-state index in [1.165, 1.54) is 0 Å². The minimum absolute atomic E-state index is 0.154. The smallest absolute Gasteiger partial charge is 0.322 e. The number of carbonyl (C=O) groups is 2. The van der Waals surface area contributed by atoms with Crippen molar-refractivity contribution in [2.75, 3.05) is 18.5 Å². The molecule has 0 saturated carbocycles. The second kappa shape index (κ2) is 6.24. The van der Waals surface area contributed by atoms with E-state index in [1.807, 2.05) is 0 Å². The fourth-order valence-corrected chi connectivity index (χ4v) is 0.455. The summed E-state index contributed by atoms with van der Waals surface area (Å²) >= 11 is 10.2. The molecule has 0 saturated heterocycles. The van der Waals surface area contributed by atoms with Crippen LogP contribution in [0.4, 0.5) is 0 Å². The predicted octanol–water partition coefficient (Wildman–Crippen LogP) is 0.0809. The SMILES string of the molecule is O=C(CCl)NCOC(=O)CCl. The first-order valence-corrected chi connectivity index (χ1v) is 3.82. The molecule has 0 aliphatic rings. The minimum Gasteiger partial charge on any atom is -0.443 e. The van der Waals surface area contributed by atoms with Crippen LogP contribution in [0.25, 0.3) is 0 Å². The van der Waals surface area contributed by atoms with E-state index in [0.29, 0.717) is 0 Å². The number of halogens is 2. The van der Waals surface area contributed by atoms with Gasteiger partial charge in [-0.15, -0.1) is 23.2 Å².